The van der Waals surface area contributed by atoms with E-state index in [4.69, 9.17) is 9.52 Å². The van der Waals surface area contributed by atoms with E-state index in [1.54, 1.807) is 17.0 Å². The number of hydrogen-bond donors (Lipinski definition) is 1. The Bertz CT molecular complexity index is 338. The zero-order chi connectivity index (χ0) is 12.0. The highest BCUT2D eigenvalue weighted by molar-refractivity contribution is 9.10. The van der Waals surface area contributed by atoms with Gasteiger partial charge in [-0.2, -0.15) is 0 Å². The van der Waals surface area contributed by atoms with Crippen LogP contribution in [0.5, 0.6) is 0 Å². The number of amides is 1. The third-order valence-corrected chi connectivity index (χ3v) is 2.65. The van der Waals surface area contributed by atoms with E-state index < -0.39 is 0 Å². The molecule has 0 aliphatic heterocycles. The minimum atomic E-state index is -0.173. The smallest absolute Gasteiger partial charge is 0.289 e. The molecule has 0 aromatic carbocycles. The number of rotatable bonds is 6. The van der Waals surface area contributed by atoms with Crippen LogP contribution in [0.3, 0.4) is 0 Å². The molecule has 0 atom stereocenters. The van der Waals surface area contributed by atoms with Crippen LogP contribution in [0.25, 0.3) is 0 Å². The van der Waals surface area contributed by atoms with Crippen molar-refractivity contribution in [3.8, 4) is 0 Å². The van der Waals surface area contributed by atoms with Crippen molar-refractivity contribution in [3.05, 3.63) is 22.6 Å². The van der Waals surface area contributed by atoms with Gasteiger partial charge in [0.2, 0.25) is 0 Å². The Morgan fingerprint density at radius 2 is 2.25 bits per heavy atom. The number of hydrogen-bond acceptors (Lipinski definition) is 3. The van der Waals surface area contributed by atoms with E-state index in [1.807, 2.05) is 0 Å². The number of carbonyl (C=O) groups excluding carboxylic acids is 1. The SMILES string of the molecule is CCCCN(CCO)C(=O)c1ccc(Br)o1. The summed E-state index contributed by atoms with van der Waals surface area (Å²) < 4.78 is 5.73. The molecule has 1 aromatic heterocycles. The molecule has 1 N–H and O–H groups in total. The van der Waals surface area contributed by atoms with E-state index in [-0.39, 0.29) is 12.5 Å². The number of carbonyl (C=O) groups is 1. The van der Waals surface area contributed by atoms with Crippen LogP contribution < -0.4 is 0 Å². The molecule has 4 nitrogen and oxygen atoms in total. The highest BCUT2D eigenvalue weighted by Crippen LogP contribution is 2.16. The van der Waals surface area contributed by atoms with Gasteiger partial charge in [-0.15, -0.1) is 0 Å². The Morgan fingerprint density at radius 1 is 1.50 bits per heavy atom. The van der Waals surface area contributed by atoms with Crippen LogP contribution in [0, 0.1) is 0 Å². The maximum absolute atomic E-state index is 12.0. The predicted molar refractivity (Wildman–Crippen MR) is 64.3 cm³/mol. The summed E-state index contributed by atoms with van der Waals surface area (Å²) in [5, 5.41) is 8.90. The van der Waals surface area contributed by atoms with Crippen LogP contribution in [0.2, 0.25) is 0 Å². The van der Waals surface area contributed by atoms with Crippen molar-refractivity contribution >= 4 is 21.8 Å². The average molecular weight is 290 g/mol. The summed E-state index contributed by atoms with van der Waals surface area (Å²) in [4.78, 5) is 13.6. The molecule has 0 fully saturated rings. The lowest BCUT2D eigenvalue weighted by atomic mass is 10.3. The summed E-state index contributed by atoms with van der Waals surface area (Å²) in [5.41, 5.74) is 0. The van der Waals surface area contributed by atoms with Crippen molar-refractivity contribution in [2.24, 2.45) is 0 Å². The second-order valence-electron chi connectivity index (χ2n) is 3.47. The molecule has 1 rings (SSSR count). The summed E-state index contributed by atoms with van der Waals surface area (Å²) in [6, 6.07) is 3.31. The quantitative estimate of drug-likeness (QED) is 0.874. The first-order valence-corrected chi connectivity index (χ1v) is 6.13. The van der Waals surface area contributed by atoms with Gasteiger partial charge in [0, 0.05) is 13.1 Å². The summed E-state index contributed by atoms with van der Waals surface area (Å²) in [7, 11) is 0. The second kappa shape index (κ2) is 6.70. The Morgan fingerprint density at radius 3 is 2.75 bits per heavy atom. The molecule has 0 aliphatic rings. The molecule has 16 heavy (non-hydrogen) atoms. The van der Waals surface area contributed by atoms with Gasteiger partial charge in [0.15, 0.2) is 10.4 Å². The molecule has 0 unspecified atom stereocenters. The van der Waals surface area contributed by atoms with Crippen molar-refractivity contribution in [1.29, 1.82) is 0 Å². The maximum atomic E-state index is 12.0. The van der Waals surface area contributed by atoms with Gasteiger partial charge in [-0.25, -0.2) is 0 Å². The fourth-order valence-electron chi connectivity index (χ4n) is 1.37. The number of halogens is 1. The molecule has 5 heteroatoms. The summed E-state index contributed by atoms with van der Waals surface area (Å²) in [5.74, 6) is 0.129. The van der Waals surface area contributed by atoms with Crippen molar-refractivity contribution in [2.75, 3.05) is 19.7 Å². The average Bonchev–Trinajstić information content (AvgIpc) is 2.70. The van der Waals surface area contributed by atoms with Crippen molar-refractivity contribution in [2.45, 2.75) is 19.8 Å². The molecule has 0 aliphatic carbocycles. The van der Waals surface area contributed by atoms with Crippen molar-refractivity contribution in [3.63, 3.8) is 0 Å². The highest BCUT2D eigenvalue weighted by Gasteiger charge is 2.17. The van der Waals surface area contributed by atoms with Gasteiger partial charge in [0.1, 0.15) is 0 Å². The van der Waals surface area contributed by atoms with Gasteiger partial charge >= 0.3 is 0 Å². The topological polar surface area (TPSA) is 53.7 Å². The van der Waals surface area contributed by atoms with E-state index in [1.165, 1.54) is 0 Å². The maximum Gasteiger partial charge on any atom is 0.289 e. The standard InChI is InChI=1S/C11H16BrNO3/c1-2-3-6-13(7-8-14)11(15)9-4-5-10(12)16-9/h4-5,14H,2-3,6-8H2,1H3. The van der Waals surface area contributed by atoms with Gasteiger partial charge in [0.05, 0.1) is 6.61 Å². The van der Waals surface area contributed by atoms with E-state index >= 15 is 0 Å². The molecular weight excluding hydrogens is 274 g/mol. The number of aliphatic hydroxyl groups excluding tert-OH is 1. The molecular formula is C11H16BrNO3. The molecule has 0 radical (unpaired) electrons. The Kier molecular flexibility index (Phi) is 5.55. The van der Waals surface area contributed by atoms with E-state index in [2.05, 4.69) is 22.9 Å². The first-order chi connectivity index (χ1) is 7.69. The third kappa shape index (κ3) is 3.64. The molecule has 1 amide bonds. The minimum Gasteiger partial charge on any atom is -0.444 e. The fraction of sp³-hybridized carbons (Fsp3) is 0.545. The normalized spacial score (nSPS) is 10.4. The zero-order valence-electron chi connectivity index (χ0n) is 9.28. The van der Waals surface area contributed by atoms with Crippen LogP contribution in [0.1, 0.15) is 30.3 Å². The van der Waals surface area contributed by atoms with Gasteiger partial charge in [-0.1, -0.05) is 13.3 Å². The molecule has 1 heterocycles. The lowest BCUT2D eigenvalue weighted by Gasteiger charge is -2.20. The van der Waals surface area contributed by atoms with Crippen LogP contribution in [0.4, 0.5) is 0 Å². The number of aliphatic hydroxyl groups is 1. The predicted octanol–water partition coefficient (Wildman–Crippen LogP) is 2.28. The number of nitrogens with zero attached hydrogens (tertiary/aromatic N) is 1. The Labute approximate surface area is 103 Å². The first kappa shape index (κ1) is 13.3. The lowest BCUT2D eigenvalue weighted by Crippen LogP contribution is -2.34. The summed E-state index contributed by atoms with van der Waals surface area (Å²) >= 11 is 3.15. The summed E-state index contributed by atoms with van der Waals surface area (Å²) in [6.07, 6.45) is 1.94. The lowest BCUT2D eigenvalue weighted by molar-refractivity contribution is 0.0686. The first-order valence-electron chi connectivity index (χ1n) is 5.34. The van der Waals surface area contributed by atoms with E-state index in [0.717, 1.165) is 12.8 Å². The van der Waals surface area contributed by atoms with E-state index in [9.17, 15) is 4.79 Å². The Balaban J connectivity index is 2.66. The second-order valence-corrected chi connectivity index (χ2v) is 4.25. The largest absolute Gasteiger partial charge is 0.444 e. The number of unbranched alkanes of at least 4 members (excludes halogenated alkanes) is 1. The van der Waals surface area contributed by atoms with E-state index in [0.29, 0.717) is 23.5 Å². The third-order valence-electron chi connectivity index (χ3n) is 2.22. The van der Waals surface area contributed by atoms with Crippen LogP contribution in [-0.4, -0.2) is 35.6 Å². The molecule has 0 spiro atoms. The molecule has 0 bridgehead atoms. The summed E-state index contributed by atoms with van der Waals surface area (Å²) in [6.45, 7) is 3.02. The van der Waals surface area contributed by atoms with Crippen molar-refractivity contribution in [1.82, 2.24) is 4.90 Å². The molecule has 0 saturated carbocycles. The minimum absolute atomic E-state index is 0.0304. The zero-order valence-corrected chi connectivity index (χ0v) is 10.9. The van der Waals surface area contributed by atoms with Gasteiger partial charge in [-0.05, 0) is 34.5 Å². The Hall–Kier alpha value is -0.810. The van der Waals surface area contributed by atoms with Crippen LogP contribution >= 0.6 is 15.9 Å². The molecule has 1 aromatic rings. The molecule has 90 valence electrons. The van der Waals surface area contributed by atoms with Crippen LogP contribution in [-0.2, 0) is 0 Å². The fourth-order valence-corrected chi connectivity index (χ4v) is 1.68. The monoisotopic (exact) mass is 289 g/mol. The highest BCUT2D eigenvalue weighted by atomic mass is 79.9. The van der Waals surface area contributed by atoms with Gasteiger partial charge < -0.3 is 14.4 Å². The van der Waals surface area contributed by atoms with Gasteiger partial charge in [0.25, 0.3) is 5.91 Å². The molecule has 0 saturated heterocycles. The van der Waals surface area contributed by atoms with Crippen molar-refractivity contribution < 1.29 is 14.3 Å². The number of furan rings is 1. The van der Waals surface area contributed by atoms with Gasteiger partial charge in [-0.3, -0.25) is 4.79 Å². The van der Waals surface area contributed by atoms with Crippen LogP contribution in [0.15, 0.2) is 21.2 Å².